The minimum Gasteiger partial charge on any atom is -0.271 e. The Labute approximate surface area is 141 Å². The fraction of sp³-hybridized carbons (Fsp3) is 0.267. The Balaban J connectivity index is 2.21. The van der Waals surface area contributed by atoms with Crippen LogP contribution in [0.2, 0.25) is 0 Å². The van der Waals surface area contributed by atoms with Crippen molar-refractivity contribution < 1.29 is 0 Å². The van der Waals surface area contributed by atoms with Crippen LogP contribution in [0.3, 0.4) is 0 Å². The molecule has 1 unspecified atom stereocenters. The Morgan fingerprint density at radius 2 is 2.15 bits per heavy atom. The summed E-state index contributed by atoms with van der Waals surface area (Å²) in [4.78, 5) is 4.50. The van der Waals surface area contributed by atoms with Gasteiger partial charge in [-0.1, -0.05) is 28.9 Å². The van der Waals surface area contributed by atoms with Crippen molar-refractivity contribution in [2.45, 2.75) is 25.8 Å². The number of hydrazine groups is 1. The van der Waals surface area contributed by atoms with E-state index in [1.165, 1.54) is 9.13 Å². The van der Waals surface area contributed by atoms with Crippen LogP contribution in [-0.2, 0) is 12.8 Å². The minimum absolute atomic E-state index is 0.0408. The molecule has 0 radical (unpaired) electrons. The van der Waals surface area contributed by atoms with Gasteiger partial charge in [0.15, 0.2) is 0 Å². The number of hydrogen-bond acceptors (Lipinski definition) is 3. The Hall–Kier alpha value is -0.500. The number of nitrogens with one attached hydrogen (secondary N) is 1. The van der Waals surface area contributed by atoms with Crippen LogP contribution in [0.5, 0.6) is 0 Å². The lowest BCUT2D eigenvalue weighted by Crippen LogP contribution is -2.30. The summed E-state index contributed by atoms with van der Waals surface area (Å²) in [7, 11) is 0. The number of pyridine rings is 1. The molecule has 2 aromatic rings. The summed E-state index contributed by atoms with van der Waals surface area (Å²) in [5.41, 5.74) is 6.33. The van der Waals surface area contributed by atoms with Crippen molar-refractivity contribution in [3.8, 4) is 0 Å². The second kappa shape index (κ2) is 7.49. The summed E-state index contributed by atoms with van der Waals surface area (Å²) in [6.07, 6.45) is 3.71. The molecule has 0 amide bonds. The second-order valence-electron chi connectivity index (χ2n) is 4.60. The maximum absolute atomic E-state index is 5.73. The monoisotopic (exact) mass is 445 g/mol. The molecular formula is C15H17BrIN3. The van der Waals surface area contributed by atoms with E-state index >= 15 is 0 Å². The van der Waals surface area contributed by atoms with Crippen molar-refractivity contribution in [1.29, 1.82) is 0 Å². The van der Waals surface area contributed by atoms with E-state index in [2.05, 4.69) is 86.2 Å². The molecule has 0 fully saturated rings. The molecule has 3 nitrogen and oxygen atoms in total. The van der Waals surface area contributed by atoms with Crippen molar-refractivity contribution in [2.75, 3.05) is 0 Å². The Kier molecular flexibility index (Phi) is 5.95. The molecule has 106 valence electrons. The number of nitrogens with zero attached hydrogens (tertiary/aromatic N) is 1. The fourth-order valence-electron chi connectivity index (χ4n) is 2.03. The first kappa shape index (κ1) is 15.9. The van der Waals surface area contributed by atoms with E-state index in [4.69, 9.17) is 5.84 Å². The van der Waals surface area contributed by atoms with Gasteiger partial charge >= 0.3 is 0 Å². The van der Waals surface area contributed by atoms with Gasteiger partial charge in [0.05, 0.1) is 6.04 Å². The van der Waals surface area contributed by atoms with Gasteiger partial charge in [0.1, 0.15) is 0 Å². The molecule has 1 aromatic carbocycles. The third kappa shape index (κ3) is 4.00. The van der Waals surface area contributed by atoms with E-state index in [1.54, 1.807) is 0 Å². The summed E-state index contributed by atoms with van der Waals surface area (Å²) in [6, 6.07) is 10.5. The summed E-state index contributed by atoms with van der Waals surface area (Å²) in [5.74, 6) is 5.73. The third-order valence-electron chi connectivity index (χ3n) is 3.24. The molecule has 0 saturated carbocycles. The second-order valence-corrected chi connectivity index (χ2v) is 6.70. The van der Waals surface area contributed by atoms with Crippen LogP contribution in [0.15, 0.2) is 41.0 Å². The summed E-state index contributed by atoms with van der Waals surface area (Å²) in [6.45, 7) is 2.13. The predicted octanol–water partition coefficient (Wildman–Crippen LogP) is 3.76. The normalized spacial score (nSPS) is 12.4. The zero-order valence-electron chi connectivity index (χ0n) is 11.2. The Bertz CT molecular complexity index is 572. The smallest absolute Gasteiger partial charge is 0.0526 e. The standard InChI is InChI=1S/C15H17BrIN3/c1-2-10-3-5-12(19-9-10)8-15(20-18)13-7-11(17)4-6-14(13)16/h3-7,9,15,20H,2,8,18H2,1H3. The zero-order chi connectivity index (χ0) is 14.5. The van der Waals surface area contributed by atoms with Crippen LogP contribution in [0.1, 0.15) is 29.8 Å². The van der Waals surface area contributed by atoms with E-state index in [9.17, 15) is 0 Å². The first-order chi connectivity index (χ1) is 9.63. The number of benzene rings is 1. The summed E-state index contributed by atoms with van der Waals surface area (Å²) < 4.78 is 2.25. The van der Waals surface area contributed by atoms with Crippen molar-refractivity contribution >= 4 is 38.5 Å². The SMILES string of the molecule is CCc1ccc(CC(NN)c2cc(I)ccc2Br)nc1. The number of rotatable bonds is 5. The molecule has 0 saturated heterocycles. The number of aromatic nitrogens is 1. The lowest BCUT2D eigenvalue weighted by Gasteiger charge is -2.18. The molecule has 0 bridgehead atoms. The fourth-order valence-corrected chi connectivity index (χ4v) is 3.07. The number of aryl methyl sites for hydroxylation is 1. The lowest BCUT2D eigenvalue weighted by molar-refractivity contribution is 0.543. The number of nitrogens with two attached hydrogens (primary N) is 1. The van der Waals surface area contributed by atoms with Gasteiger partial charge in [-0.3, -0.25) is 16.3 Å². The van der Waals surface area contributed by atoms with Crippen LogP contribution in [0, 0.1) is 3.57 Å². The Morgan fingerprint density at radius 3 is 2.75 bits per heavy atom. The summed E-state index contributed by atoms with van der Waals surface area (Å²) in [5, 5.41) is 0. The van der Waals surface area contributed by atoms with Gasteiger partial charge in [0.2, 0.25) is 0 Å². The molecule has 0 aliphatic heterocycles. The zero-order valence-corrected chi connectivity index (χ0v) is 15.0. The molecule has 1 aromatic heterocycles. The number of hydrogen-bond donors (Lipinski definition) is 2. The van der Waals surface area contributed by atoms with E-state index < -0.39 is 0 Å². The molecular weight excluding hydrogens is 429 g/mol. The average Bonchev–Trinajstić information content (AvgIpc) is 2.48. The van der Waals surface area contributed by atoms with Crippen LogP contribution in [0.4, 0.5) is 0 Å². The van der Waals surface area contributed by atoms with Crippen molar-refractivity contribution in [3.63, 3.8) is 0 Å². The minimum atomic E-state index is 0.0408. The highest BCUT2D eigenvalue weighted by Gasteiger charge is 2.15. The largest absolute Gasteiger partial charge is 0.271 e. The van der Waals surface area contributed by atoms with Gasteiger partial charge in [-0.2, -0.15) is 0 Å². The molecule has 20 heavy (non-hydrogen) atoms. The average molecular weight is 446 g/mol. The quantitative estimate of drug-likeness (QED) is 0.418. The molecule has 0 spiro atoms. The first-order valence-electron chi connectivity index (χ1n) is 6.49. The third-order valence-corrected chi connectivity index (χ3v) is 4.64. The first-order valence-corrected chi connectivity index (χ1v) is 8.36. The van der Waals surface area contributed by atoms with Crippen molar-refractivity contribution in [1.82, 2.24) is 10.4 Å². The highest BCUT2D eigenvalue weighted by atomic mass is 127. The Morgan fingerprint density at radius 1 is 1.35 bits per heavy atom. The predicted molar refractivity (Wildman–Crippen MR) is 94.2 cm³/mol. The van der Waals surface area contributed by atoms with Gasteiger partial charge in [0.25, 0.3) is 0 Å². The van der Waals surface area contributed by atoms with Crippen LogP contribution in [0.25, 0.3) is 0 Å². The molecule has 0 aliphatic rings. The van der Waals surface area contributed by atoms with E-state index in [-0.39, 0.29) is 6.04 Å². The molecule has 1 heterocycles. The molecule has 3 N–H and O–H groups in total. The lowest BCUT2D eigenvalue weighted by atomic mass is 10.0. The van der Waals surface area contributed by atoms with Gasteiger partial charge in [-0.25, -0.2) is 0 Å². The highest BCUT2D eigenvalue weighted by molar-refractivity contribution is 14.1. The number of halogens is 2. The van der Waals surface area contributed by atoms with Crippen LogP contribution >= 0.6 is 38.5 Å². The van der Waals surface area contributed by atoms with E-state index in [0.29, 0.717) is 0 Å². The topological polar surface area (TPSA) is 50.9 Å². The van der Waals surface area contributed by atoms with Crippen molar-refractivity contribution in [3.05, 3.63) is 61.4 Å². The van der Waals surface area contributed by atoms with E-state index in [0.717, 1.165) is 28.6 Å². The van der Waals surface area contributed by atoms with Crippen LogP contribution in [-0.4, -0.2) is 4.98 Å². The van der Waals surface area contributed by atoms with Crippen molar-refractivity contribution in [2.24, 2.45) is 5.84 Å². The van der Waals surface area contributed by atoms with Gasteiger partial charge in [-0.15, -0.1) is 0 Å². The molecule has 2 rings (SSSR count). The highest BCUT2D eigenvalue weighted by Crippen LogP contribution is 2.27. The molecule has 0 aliphatic carbocycles. The maximum atomic E-state index is 5.73. The molecule has 1 atom stereocenters. The van der Waals surface area contributed by atoms with E-state index in [1.807, 2.05) is 6.20 Å². The molecule has 5 heteroatoms. The summed E-state index contributed by atoms with van der Waals surface area (Å²) >= 11 is 5.90. The van der Waals surface area contributed by atoms with Gasteiger partial charge in [-0.05, 0) is 64.4 Å². The van der Waals surface area contributed by atoms with Crippen LogP contribution < -0.4 is 11.3 Å². The van der Waals surface area contributed by atoms with Gasteiger partial charge < -0.3 is 0 Å². The maximum Gasteiger partial charge on any atom is 0.0526 e. The van der Waals surface area contributed by atoms with Gasteiger partial charge in [0, 0.05) is 26.4 Å².